The fourth-order valence-corrected chi connectivity index (χ4v) is 1.85. The van der Waals surface area contributed by atoms with Crippen LogP contribution in [0.25, 0.3) is 0 Å². The van der Waals surface area contributed by atoms with Crippen molar-refractivity contribution in [1.82, 2.24) is 4.90 Å². The molecule has 0 aromatic heterocycles. The lowest BCUT2D eigenvalue weighted by Crippen LogP contribution is -2.57. The van der Waals surface area contributed by atoms with Crippen molar-refractivity contribution in [2.75, 3.05) is 46.3 Å². The molecule has 1 aliphatic heterocycles. The highest BCUT2D eigenvalue weighted by molar-refractivity contribution is 4.76. The molecule has 0 N–H and O–H groups in total. The zero-order valence-electron chi connectivity index (χ0n) is 8.71. The second-order valence-electron chi connectivity index (χ2n) is 4.13. The van der Waals surface area contributed by atoms with Crippen LogP contribution < -0.4 is 0 Å². The van der Waals surface area contributed by atoms with Gasteiger partial charge in [-0.15, -0.1) is 6.58 Å². The number of likely N-dealkylation sites (N-methyl/N-ethyl adjacent to an activating group) is 1. The molecule has 13 heavy (non-hydrogen) atoms. The summed E-state index contributed by atoms with van der Waals surface area (Å²) in [6.07, 6.45) is 4.02. The van der Waals surface area contributed by atoms with Gasteiger partial charge in [0.25, 0.3) is 0 Å². The molecule has 74 valence electrons. The van der Waals surface area contributed by atoms with E-state index in [4.69, 9.17) is 0 Å². The molecule has 1 aliphatic rings. The van der Waals surface area contributed by atoms with Crippen LogP contribution in [0.4, 0.5) is 0 Å². The predicted octanol–water partition coefficient (Wildman–Crippen LogP) is 1.12. The van der Waals surface area contributed by atoms with Crippen molar-refractivity contribution in [2.45, 2.75) is 0 Å². The Morgan fingerprint density at radius 1 is 1.23 bits per heavy atom. The zero-order valence-corrected chi connectivity index (χ0v) is 8.71. The predicted molar refractivity (Wildman–Crippen MR) is 57.6 cm³/mol. The van der Waals surface area contributed by atoms with Crippen molar-refractivity contribution < 1.29 is 4.48 Å². The van der Waals surface area contributed by atoms with Crippen LogP contribution in [0.15, 0.2) is 25.3 Å². The van der Waals surface area contributed by atoms with E-state index in [0.29, 0.717) is 0 Å². The summed E-state index contributed by atoms with van der Waals surface area (Å²) in [6.45, 7) is 14.6. The van der Waals surface area contributed by atoms with Crippen LogP contribution in [-0.4, -0.2) is 55.7 Å². The van der Waals surface area contributed by atoms with Gasteiger partial charge in [-0.1, -0.05) is 12.7 Å². The lowest BCUT2D eigenvalue weighted by molar-refractivity contribution is -0.908. The Morgan fingerprint density at radius 2 is 1.85 bits per heavy atom. The first-order chi connectivity index (χ1) is 6.20. The number of hydrogen-bond acceptors (Lipinski definition) is 1. The smallest absolute Gasteiger partial charge is 0.0969 e. The molecule has 2 heteroatoms. The maximum absolute atomic E-state index is 3.81. The van der Waals surface area contributed by atoms with Crippen LogP contribution in [0.1, 0.15) is 0 Å². The molecule has 1 saturated heterocycles. The van der Waals surface area contributed by atoms with E-state index in [0.717, 1.165) is 17.6 Å². The molecule has 0 atom stereocenters. The average molecular weight is 181 g/mol. The van der Waals surface area contributed by atoms with Gasteiger partial charge in [-0.2, -0.15) is 0 Å². The normalized spacial score (nSPS) is 22.5. The van der Waals surface area contributed by atoms with E-state index in [1.807, 2.05) is 12.2 Å². The van der Waals surface area contributed by atoms with Crippen LogP contribution in [0.2, 0.25) is 0 Å². The first kappa shape index (κ1) is 10.5. The van der Waals surface area contributed by atoms with Crippen LogP contribution in [0, 0.1) is 0 Å². The van der Waals surface area contributed by atoms with Crippen molar-refractivity contribution in [3.05, 3.63) is 25.3 Å². The minimum Gasteiger partial charge on any atom is -0.321 e. The lowest BCUT2D eigenvalue weighted by atomic mass is 10.2. The largest absolute Gasteiger partial charge is 0.321 e. The molecule has 0 spiro atoms. The van der Waals surface area contributed by atoms with E-state index in [1.165, 1.54) is 26.2 Å². The van der Waals surface area contributed by atoms with Crippen molar-refractivity contribution in [2.24, 2.45) is 0 Å². The quantitative estimate of drug-likeness (QED) is 0.464. The topological polar surface area (TPSA) is 3.24 Å². The van der Waals surface area contributed by atoms with E-state index in [9.17, 15) is 0 Å². The third kappa shape index (κ3) is 2.98. The first-order valence-electron chi connectivity index (χ1n) is 4.98. The van der Waals surface area contributed by atoms with Gasteiger partial charge in [0, 0.05) is 19.6 Å². The number of piperazine rings is 1. The fraction of sp³-hybridized carbons (Fsp3) is 0.636. The van der Waals surface area contributed by atoms with Crippen LogP contribution in [0.3, 0.4) is 0 Å². The van der Waals surface area contributed by atoms with E-state index in [-0.39, 0.29) is 0 Å². The molecular formula is C11H21N2+. The second-order valence-corrected chi connectivity index (χ2v) is 4.13. The van der Waals surface area contributed by atoms with E-state index in [1.54, 1.807) is 0 Å². The molecule has 2 nitrogen and oxygen atoms in total. The van der Waals surface area contributed by atoms with Gasteiger partial charge in [0.2, 0.25) is 0 Å². The molecule has 1 fully saturated rings. The van der Waals surface area contributed by atoms with Gasteiger partial charge in [-0.3, -0.25) is 4.90 Å². The molecule has 1 rings (SSSR count). The van der Waals surface area contributed by atoms with E-state index >= 15 is 0 Å². The van der Waals surface area contributed by atoms with Gasteiger partial charge in [0.1, 0.15) is 0 Å². The Morgan fingerprint density at radius 3 is 2.31 bits per heavy atom. The maximum atomic E-state index is 3.81. The highest BCUT2D eigenvalue weighted by atomic mass is 15.4. The van der Waals surface area contributed by atoms with Crippen LogP contribution in [0.5, 0.6) is 0 Å². The Labute approximate surface area is 81.7 Å². The van der Waals surface area contributed by atoms with Crippen molar-refractivity contribution in [1.29, 1.82) is 0 Å². The average Bonchev–Trinajstić information content (AvgIpc) is 2.10. The minimum absolute atomic E-state index is 1.04. The van der Waals surface area contributed by atoms with E-state index in [2.05, 4.69) is 25.1 Å². The van der Waals surface area contributed by atoms with Crippen LogP contribution >= 0.6 is 0 Å². The molecule has 0 aliphatic carbocycles. The summed E-state index contributed by atoms with van der Waals surface area (Å²) in [5, 5.41) is 0. The number of rotatable bonds is 4. The third-order valence-electron chi connectivity index (χ3n) is 2.87. The molecule has 0 saturated carbocycles. The third-order valence-corrected chi connectivity index (χ3v) is 2.87. The Balaban J connectivity index is 2.36. The summed E-state index contributed by atoms with van der Waals surface area (Å²) in [6, 6.07) is 0. The maximum Gasteiger partial charge on any atom is 0.0969 e. The highest BCUT2D eigenvalue weighted by Crippen LogP contribution is 2.09. The van der Waals surface area contributed by atoms with E-state index < -0.39 is 0 Å². The Kier molecular flexibility index (Phi) is 3.70. The van der Waals surface area contributed by atoms with Gasteiger partial charge in [-0.05, 0) is 6.08 Å². The SMILES string of the molecule is C=CCN1CC[N+](C)(CC=C)CC1. The summed E-state index contributed by atoms with van der Waals surface area (Å²) in [4.78, 5) is 2.45. The summed E-state index contributed by atoms with van der Waals surface area (Å²) in [5.41, 5.74) is 0. The van der Waals surface area contributed by atoms with Gasteiger partial charge in [0.15, 0.2) is 0 Å². The first-order valence-corrected chi connectivity index (χ1v) is 4.98. The Bertz CT molecular complexity index is 179. The monoisotopic (exact) mass is 181 g/mol. The molecule has 0 bridgehead atoms. The van der Waals surface area contributed by atoms with Crippen molar-refractivity contribution in [3.63, 3.8) is 0 Å². The van der Waals surface area contributed by atoms with Crippen molar-refractivity contribution in [3.8, 4) is 0 Å². The van der Waals surface area contributed by atoms with Crippen LogP contribution in [-0.2, 0) is 0 Å². The Hall–Kier alpha value is -0.600. The standard InChI is InChI=1S/C11H21N2/c1-4-6-12-7-10-13(3,9-5-2)11-8-12/h4-5H,1-2,6-11H2,3H3/q+1. The summed E-state index contributed by atoms with van der Waals surface area (Å²) in [5.74, 6) is 0. The lowest BCUT2D eigenvalue weighted by Gasteiger charge is -2.41. The number of nitrogens with zero attached hydrogens (tertiary/aromatic N) is 2. The number of hydrogen-bond donors (Lipinski definition) is 0. The van der Waals surface area contributed by atoms with Gasteiger partial charge in [0.05, 0.1) is 26.7 Å². The molecule has 0 amide bonds. The fourth-order valence-electron chi connectivity index (χ4n) is 1.85. The van der Waals surface area contributed by atoms with Gasteiger partial charge >= 0.3 is 0 Å². The molecule has 1 heterocycles. The summed E-state index contributed by atoms with van der Waals surface area (Å²) < 4.78 is 1.15. The van der Waals surface area contributed by atoms with Gasteiger partial charge < -0.3 is 4.48 Å². The molecule has 0 aromatic rings. The van der Waals surface area contributed by atoms with Crippen molar-refractivity contribution >= 4 is 0 Å². The number of quaternary nitrogens is 1. The minimum atomic E-state index is 1.04. The molecular weight excluding hydrogens is 160 g/mol. The second kappa shape index (κ2) is 4.58. The zero-order chi connectivity index (χ0) is 9.73. The summed E-state index contributed by atoms with van der Waals surface area (Å²) >= 11 is 0. The highest BCUT2D eigenvalue weighted by Gasteiger charge is 2.26. The summed E-state index contributed by atoms with van der Waals surface area (Å²) in [7, 11) is 2.31. The van der Waals surface area contributed by atoms with Gasteiger partial charge in [-0.25, -0.2) is 0 Å². The molecule has 0 radical (unpaired) electrons. The molecule has 0 unspecified atom stereocenters. The molecule has 0 aromatic carbocycles.